The number of nitrogens with two attached hydrogens (primary N) is 1. The molecule has 1 aromatic rings. The Kier molecular flexibility index (Phi) is 2.83. The minimum Gasteiger partial charge on any atom is -0.508 e. The van der Waals surface area contributed by atoms with Gasteiger partial charge in [-0.15, -0.1) is 0 Å². The molecule has 70 valence electrons. The number of hydrogen-bond acceptors (Lipinski definition) is 4. The second kappa shape index (κ2) is 3.70. The number of hydrogen-bond donors (Lipinski definition) is 4. The minimum atomic E-state index is -2.56. The normalized spacial score (nSPS) is 13.8. The van der Waals surface area contributed by atoms with E-state index in [0.717, 1.165) is 6.07 Å². The van der Waals surface area contributed by atoms with Crippen LogP contribution in [-0.4, -0.2) is 15.1 Å². The number of phenolic OH excluding ortho intramolecular Hbond substituents is 2. The van der Waals surface area contributed by atoms with E-state index in [9.17, 15) is 4.57 Å². The quantitative estimate of drug-likeness (QED) is 0.531. The Morgan fingerprint density at radius 3 is 2.08 bits per heavy atom. The Balaban J connectivity index is 3.07. The molecule has 1 rings (SSSR count). The first-order valence-corrected chi connectivity index (χ1v) is 4.72. The summed E-state index contributed by atoms with van der Waals surface area (Å²) in [5.74, 6) is -1.47. The molecule has 0 aliphatic heterocycles. The summed E-state index contributed by atoms with van der Waals surface area (Å²) >= 11 is 0. The van der Waals surface area contributed by atoms with Gasteiger partial charge in [0, 0.05) is 11.6 Å². The Labute approximate surface area is 75.3 Å². The molecule has 0 saturated heterocycles. The van der Waals surface area contributed by atoms with Crippen LogP contribution in [0.15, 0.2) is 18.2 Å². The fraction of sp³-hybridized carbons (Fsp3) is 0.143. The third-order valence-electron chi connectivity index (χ3n) is 1.50. The van der Waals surface area contributed by atoms with Crippen LogP contribution in [0, 0.1) is 0 Å². The van der Waals surface area contributed by atoms with Crippen LogP contribution in [0.2, 0.25) is 0 Å². The molecule has 0 heterocycles. The zero-order valence-electron chi connectivity index (χ0n) is 6.58. The molecule has 5 N–H and O–H groups in total. The average molecular weight is 202 g/mol. The van der Waals surface area contributed by atoms with Crippen LogP contribution in [-0.2, 0) is 4.57 Å². The molecule has 0 spiro atoms. The molecule has 2 unspecified atom stereocenters. The van der Waals surface area contributed by atoms with Gasteiger partial charge in [-0.2, -0.15) is 4.89 Å². The zero-order valence-corrected chi connectivity index (χ0v) is 7.48. The van der Waals surface area contributed by atoms with Crippen molar-refractivity contribution >= 4 is 8.03 Å². The predicted octanol–water partition coefficient (Wildman–Crippen LogP) is 0.790. The summed E-state index contributed by atoms with van der Waals surface area (Å²) in [6, 6.07) is 3.57. The van der Waals surface area contributed by atoms with Gasteiger partial charge in [-0.3, -0.25) is 5.73 Å². The van der Waals surface area contributed by atoms with E-state index < -0.39 is 13.8 Å². The monoisotopic (exact) mass is 202 g/mol. The lowest BCUT2D eigenvalue weighted by Crippen LogP contribution is -2.04. The second-order valence-electron chi connectivity index (χ2n) is 2.53. The molecule has 0 amide bonds. The highest BCUT2D eigenvalue weighted by Gasteiger charge is 2.26. The van der Waals surface area contributed by atoms with Crippen LogP contribution >= 0.6 is 8.03 Å². The largest absolute Gasteiger partial charge is 0.529 e. The van der Waals surface area contributed by atoms with E-state index in [4.69, 9.17) is 20.8 Å². The number of rotatable bonds is 2. The third-order valence-corrected chi connectivity index (χ3v) is 2.28. The van der Waals surface area contributed by atoms with Gasteiger partial charge in [0.15, 0.2) is 0 Å². The van der Waals surface area contributed by atoms with Gasteiger partial charge < -0.3 is 10.2 Å². The third kappa shape index (κ3) is 2.39. The van der Waals surface area contributed by atoms with Crippen LogP contribution in [0.25, 0.3) is 0 Å². The summed E-state index contributed by atoms with van der Waals surface area (Å²) in [7, 11) is -2.56. The summed E-state index contributed by atoms with van der Waals surface area (Å²) in [6.07, 6.45) is 0. The summed E-state index contributed by atoms with van der Waals surface area (Å²) in [5, 5.41) is 18.1. The van der Waals surface area contributed by atoms with E-state index in [1.807, 2.05) is 0 Å². The van der Waals surface area contributed by atoms with E-state index in [-0.39, 0.29) is 17.1 Å². The molecular weight excluding hydrogens is 193 g/mol. The van der Waals surface area contributed by atoms with Gasteiger partial charge in [0.2, 0.25) is 0 Å². The maximum atomic E-state index is 10.6. The minimum absolute atomic E-state index is 0.192. The van der Waals surface area contributed by atoms with E-state index in [0.29, 0.717) is 0 Å². The van der Waals surface area contributed by atoms with Gasteiger partial charge in [-0.25, -0.2) is 0 Å². The van der Waals surface area contributed by atoms with Crippen molar-refractivity contribution in [1.82, 2.24) is 0 Å². The molecule has 6 heteroatoms. The molecule has 0 aliphatic carbocycles. The van der Waals surface area contributed by atoms with Crippen molar-refractivity contribution in [1.29, 1.82) is 0 Å². The first-order chi connectivity index (χ1) is 6.00. The molecule has 1 aromatic carbocycles. The van der Waals surface area contributed by atoms with Crippen LogP contribution < -0.4 is 5.73 Å². The molecule has 2 atom stereocenters. The lowest BCUT2D eigenvalue weighted by molar-refractivity contribution is 0.448. The molecule has 0 fully saturated rings. The van der Waals surface area contributed by atoms with Crippen molar-refractivity contribution in [2.45, 2.75) is 5.78 Å². The standard InChI is InChI=1S/C7H8NO4P/c8-7(13(11)12)4-1-5(9)3-6(10)2-4/h1-3,7H,8H2,(H2-,9,10,11,12)/p+1. The first-order valence-electron chi connectivity index (χ1n) is 3.44. The van der Waals surface area contributed by atoms with Crippen molar-refractivity contribution < 1.29 is 19.7 Å². The molecule has 0 aromatic heterocycles. The van der Waals surface area contributed by atoms with E-state index >= 15 is 0 Å². The average Bonchev–Trinajstić information content (AvgIpc) is 2.01. The zero-order chi connectivity index (χ0) is 10.0. The number of benzene rings is 1. The van der Waals surface area contributed by atoms with Crippen LogP contribution in [0.5, 0.6) is 11.5 Å². The van der Waals surface area contributed by atoms with Crippen molar-refractivity contribution in [3.63, 3.8) is 0 Å². The van der Waals surface area contributed by atoms with E-state index in [2.05, 4.69) is 0 Å². The highest BCUT2D eigenvalue weighted by atomic mass is 31.1. The molecule has 0 radical (unpaired) electrons. The van der Waals surface area contributed by atoms with Crippen molar-refractivity contribution in [2.24, 2.45) is 5.73 Å². The van der Waals surface area contributed by atoms with Crippen LogP contribution in [0.4, 0.5) is 0 Å². The van der Waals surface area contributed by atoms with Gasteiger partial charge in [0.05, 0.1) is 0 Å². The van der Waals surface area contributed by atoms with Crippen LogP contribution in [0.1, 0.15) is 11.3 Å². The second-order valence-corrected chi connectivity index (χ2v) is 3.69. The summed E-state index contributed by atoms with van der Waals surface area (Å²) in [4.78, 5) is 8.68. The lowest BCUT2D eigenvalue weighted by Gasteiger charge is -2.01. The first kappa shape index (κ1) is 9.92. The topological polar surface area (TPSA) is 104 Å². The highest BCUT2D eigenvalue weighted by Crippen LogP contribution is 2.35. The fourth-order valence-electron chi connectivity index (χ4n) is 0.916. The van der Waals surface area contributed by atoms with Gasteiger partial charge in [0.25, 0.3) is 5.78 Å². The van der Waals surface area contributed by atoms with Gasteiger partial charge in [0.1, 0.15) is 11.5 Å². The predicted molar refractivity (Wildman–Crippen MR) is 46.5 cm³/mol. The van der Waals surface area contributed by atoms with Gasteiger partial charge in [-0.05, 0) is 16.7 Å². The molecule has 0 saturated carbocycles. The molecule has 13 heavy (non-hydrogen) atoms. The lowest BCUT2D eigenvalue weighted by atomic mass is 10.2. The Morgan fingerprint density at radius 1 is 1.23 bits per heavy atom. The molecule has 0 bridgehead atoms. The highest BCUT2D eigenvalue weighted by molar-refractivity contribution is 7.38. The maximum Gasteiger partial charge on any atom is 0.529 e. The smallest absolute Gasteiger partial charge is 0.508 e. The number of phenols is 2. The summed E-state index contributed by atoms with van der Waals surface area (Å²) < 4.78 is 10.6. The summed E-state index contributed by atoms with van der Waals surface area (Å²) in [6.45, 7) is 0. The number of aromatic hydroxyl groups is 2. The molecule has 0 aliphatic rings. The SMILES string of the molecule is NC(c1cc(O)cc(O)c1)[P+](=O)O. The molecular formula is C7H9NO4P+. The maximum absolute atomic E-state index is 10.6. The summed E-state index contributed by atoms with van der Waals surface area (Å²) in [5.41, 5.74) is 5.54. The Hall–Kier alpha value is -1.16. The van der Waals surface area contributed by atoms with Gasteiger partial charge in [-0.1, -0.05) is 0 Å². The van der Waals surface area contributed by atoms with Crippen molar-refractivity contribution in [2.75, 3.05) is 0 Å². The van der Waals surface area contributed by atoms with Crippen molar-refractivity contribution in [3.05, 3.63) is 23.8 Å². The van der Waals surface area contributed by atoms with E-state index in [1.54, 1.807) is 0 Å². The Bertz CT molecular complexity index is 321. The fourth-order valence-corrected chi connectivity index (χ4v) is 1.32. The Morgan fingerprint density at radius 2 is 1.69 bits per heavy atom. The molecule has 5 nitrogen and oxygen atoms in total. The van der Waals surface area contributed by atoms with Crippen LogP contribution in [0.3, 0.4) is 0 Å². The van der Waals surface area contributed by atoms with Crippen molar-refractivity contribution in [3.8, 4) is 11.5 Å². The van der Waals surface area contributed by atoms with Gasteiger partial charge >= 0.3 is 8.03 Å². The van der Waals surface area contributed by atoms with E-state index in [1.165, 1.54) is 12.1 Å².